The van der Waals surface area contributed by atoms with Crippen LogP contribution < -0.4 is 15.5 Å². The Morgan fingerprint density at radius 1 is 1.06 bits per heavy atom. The van der Waals surface area contributed by atoms with E-state index in [9.17, 15) is 18.0 Å². The van der Waals surface area contributed by atoms with Crippen molar-refractivity contribution >= 4 is 46.2 Å². The third-order valence-corrected chi connectivity index (χ3v) is 5.62. The van der Waals surface area contributed by atoms with Gasteiger partial charge in [-0.3, -0.25) is 10.1 Å². The summed E-state index contributed by atoms with van der Waals surface area (Å²) in [5.41, 5.74) is 0.662. The summed E-state index contributed by atoms with van der Waals surface area (Å²) in [7, 11) is 0. The van der Waals surface area contributed by atoms with Crippen LogP contribution in [0.15, 0.2) is 59.0 Å². The average molecular weight is 494 g/mol. The van der Waals surface area contributed by atoms with Gasteiger partial charge in [0.2, 0.25) is 0 Å². The minimum atomic E-state index is -4.50. The molecule has 1 aliphatic rings. The van der Waals surface area contributed by atoms with Crippen LogP contribution in [0.5, 0.6) is 0 Å². The molecule has 1 amide bonds. The van der Waals surface area contributed by atoms with E-state index in [2.05, 4.69) is 10.6 Å². The van der Waals surface area contributed by atoms with E-state index in [1.165, 1.54) is 12.1 Å². The molecule has 0 aliphatic carbocycles. The van der Waals surface area contributed by atoms with Gasteiger partial charge in [0.25, 0.3) is 5.91 Å². The Bertz CT molecular complexity index is 1190. The zero-order valence-corrected chi connectivity index (χ0v) is 18.8. The summed E-state index contributed by atoms with van der Waals surface area (Å²) >= 11 is 11.2. The van der Waals surface area contributed by atoms with Crippen LogP contribution in [-0.2, 0) is 6.18 Å². The van der Waals surface area contributed by atoms with Crippen molar-refractivity contribution < 1.29 is 22.4 Å². The Morgan fingerprint density at radius 2 is 1.82 bits per heavy atom. The van der Waals surface area contributed by atoms with Crippen molar-refractivity contribution in [2.24, 2.45) is 0 Å². The van der Waals surface area contributed by atoms with E-state index in [1.807, 2.05) is 4.90 Å². The van der Waals surface area contributed by atoms with Gasteiger partial charge in [-0.1, -0.05) is 23.7 Å². The molecule has 10 heteroatoms. The summed E-state index contributed by atoms with van der Waals surface area (Å²) in [6.07, 6.45) is -2.60. The molecular weight excluding hydrogens is 475 g/mol. The number of amides is 1. The first kappa shape index (κ1) is 23.1. The number of thiocarbonyl (C=S) groups is 1. The summed E-state index contributed by atoms with van der Waals surface area (Å²) in [5, 5.41) is 5.59. The first-order valence-corrected chi connectivity index (χ1v) is 10.9. The number of alkyl halides is 3. The number of carbonyl (C=O) groups excluding carboxylic acids is 1. The van der Waals surface area contributed by atoms with Gasteiger partial charge in [-0.15, -0.1) is 0 Å². The summed E-state index contributed by atoms with van der Waals surface area (Å²) < 4.78 is 45.3. The van der Waals surface area contributed by atoms with E-state index in [-0.39, 0.29) is 16.6 Å². The van der Waals surface area contributed by atoms with Crippen molar-refractivity contribution in [1.29, 1.82) is 0 Å². The molecule has 0 spiro atoms. The van der Waals surface area contributed by atoms with Crippen LogP contribution in [0.3, 0.4) is 0 Å². The molecular formula is C23H19ClF3N3O2S. The standard InChI is InChI=1S/C23H19ClF3N3O2S/c24-16-5-3-4-14(12-16)19-8-9-20(32-19)21(31)29-22(33)28-17-13-15(23(25,26)27)6-7-18(17)30-10-1-2-11-30/h3-9,12-13H,1-2,10-11H2,(H2,28,29,31,33). The van der Waals surface area contributed by atoms with E-state index < -0.39 is 17.6 Å². The number of carbonyl (C=O) groups is 1. The number of nitrogens with one attached hydrogen (secondary N) is 2. The summed E-state index contributed by atoms with van der Waals surface area (Å²) in [6.45, 7) is 1.47. The lowest BCUT2D eigenvalue weighted by atomic mass is 10.1. The van der Waals surface area contributed by atoms with Crippen LogP contribution in [0, 0.1) is 0 Å². The maximum absolute atomic E-state index is 13.2. The number of hydrogen-bond donors (Lipinski definition) is 2. The number of hydrogen-bond acceptors (Lipinski definition) is 4. The largest absolute Gasteiger partial charge is 0.451 e. The van der Waals surface area contributed by atoms with Gasteiger partial charge in [0, 0.05) is 23.7 Å². The molecule has 0 atom stereocenters. The lowest BCUT2D eigenvalue weighted by Gasteiger charge is -2.23. The molecule has 1 aromatic heterocycles. The zero-order chi connectivity index (χ0) is 23.6. The second-order valence-electron chi connectivity index (χ2n) is 7.51. The molecule has 1 aliphatic heterocycles. The Kier molecular flexibility index (Phi) is 6.62. The smallest absolute Gasteiger partial charge is 0.416 e. The normalized spacial score (nSPS) is 13.8. The van der Waals surface area contributed by atoms with Crippen molar-refractivity contribution in [3.05, 3.63) is 70.9 Å². The van der Waals surface area contributed by atoms with E-state index in [0.717, 1.165) is 38.1 Å². The number of rotatable bonds is 4. The molecule has 0 unspecified atom stereocenters. The number of anilines is 2. The molecule has 1 saturated heterocycles. The predicted octanol–water partition coefficient (Wildman–Crippen LogP) is 6.35. The number of nitrogens with zero attached hydrogens (tertiary/aromatic N) is 1. The Hall–Kier alpha value is -3.04. The fourth-order valence-electron chi connectivity index (χ4n) is 3.62. The van der Waals surface area contributed by atoms with Gasteiger partial charge in [0.1, 0.15) is 5.76 Å². The van der Waals surface area contributed by atoms with Crippen LogP contribution in [0.4, 0.5) is 24.5 Å². The van der Waals surface area contributed by atoms with E-state index >= 15 is 0 Å². The highest BCUT2D eigenvalue weighted by Crippen LogP contribution is 2.36. The van der Waals surface area contributed by atoms with Crippen LogP contribution in [0.2, 0.25) is 5.02 Å². The SMILES string of the molecule is O=C(NC(=S)Nc1cc(C(F)(F)F)ccc1N1CCCC1)c1ccc(-c2cccc(Cl)c2)o1. The van der Waals surface area contributed by atoms with Crippen LogP contribution in [0.25, 0.3) is 11.3 Å². The van der Waals surface area contributed by atoms with Gasteiger partial charge in [0.15, 0.2) is 10.9 Å². The number of benzene rings is 2. The maximum Gasteiger partial charge on any atom is 0.416 e. The quantitative estimate of drug-likeness (QED) is 0.415. The topological polar surface area (TPSA) is 57.5 Å². The second kappa shape index (κ2) is 9.44. The Balaban J connectivity index is 1.50. The van der Waals surface area contributed by atoms with Crippen LogP contribution in [0.1, 0.15) is 29.0 Å². The molecule has 1 fully saturated rings. The monoisotopic (exact) mass is 493 g/mol. The Morgan fingerprint density at radius 3 is 2.52 bits per heavy atom. The molecule has 0 saturated carbocycles. The van der Waals surface area contributed by atoms with Crippen molar-refractivity contribution in [2.75, 3.05) is 23.3 Å². The molecule has 5 nitrogen and oxygen atoms in total. The Labute approximate surface area is 198 Å². The zero-order valence-electron chi connectivity index (χ0n) is 17.2. The molecule has 3 aromatic rings. The van der Waals surface area contributed by atoms with Gasteiger partial charge in [0.05, 0.1) is 16.9 Å². The highest BCUT2D eigenvalue weighted by Gasteiger charge is 2.32. The molecule has 2 aromatic carbocycles. The van der Waals surface area contributed by atoms with Gasteiger partial charge < -0.3 is 14.6 Å². The lowest BCUT2D eigenvalue weighted by molar-refractivity contribution is -0.137. The average Bonchev–Trinajstić information content (AvgIpc) is 3.45. The lowest BCUT2D eigenvalue weighted by Crippen LogP contribution is -2.34. The summed E-state index contributed by atoms with van der Waals surface area (Å²) in [5.74, 6) is -0.191. The van der Waals surface area contributed by atoms with E-state index in [4.69, 9.17) is 28.2 Å². The van der Waals surface area contributed by atoms with Crippen LogP contribution in [-0.4, -0.2) is 24.1 Å². The molecule has 0 radical (unpaired) electrons. The fourth-order valence-corrected chi connectivity index (χ4v) is 4.01. The van der Waals surface area contributed by atoms with Gasteiger partial charge in [-0.05, 0) is 67.5 Å². The minimum absolute atomic E-state index is 0.00191. The third-order valence-electron chi connectivity index (χ3n) is 5.18. The van der Waals surface area contributed by atoms with Crippen molar-refractivity contribution in [1.82, 2.24) is 5.32 Å². The first-order chi connectivity index (χ1) is 15.7. The molecule has 33 heavy (non-hydrogen) atoms. The van der Waals surface area contributed by atoms with Crippen LogP contribution >= 0.6 is 23.8 Å². The van der Waals surface area contributed by atoms with Crippen molar-refractivity contribution in [2.45, 2.75) is 19.0 Å². The van der Waals surface area contributed by atoms with Gasteiger partial charge in [-0.25, -0.2) is 0 Å². The predicted molar refractivity (Wildman–Crippen MR) is 126 cm³/mol. The number of furan rings is 1. The maximum atomic E-state index is 13.2. The van der Waals surface area contributed by atoms with Gasteiger partial charge in [-0.2, -0.15) is 13.2 Å². The third kappa shape index (κ3) is 5.48. The molecule has 172 valence electrons. The molecule has 2 heterocycles. The summed E-state index contributed by atoms with van der Waals surface area (Å²) in [4.78, 5) is 14.6. The van der Waals surface area contributed by atoms with Gasteiger partial charge >= 0.3 is 6.18 Å². The fraction of sp³-hybridized carbons (Fsp3) is 0.217. The second-order valence-corrected chi connectivity index (χ2v) is 8.35. The van der Waals surface area contributed by atoms with Crippen molar-refractivity contribution in [3.63, 3.8) is 0 Å². The molecule has 2 N–H and O–H groups in total. The number of halogens is 4. The molecule has 4 rings (SSSR count). The highest BCUT2D eigenvalue weighted by atomic mass is 35.5. The minimum Gasteiger partial charge on any atom is -0.451 e. The summed E-state index contributed by atoms with van der Waals surface area (Å²) in [6, 6.07) is 13.5. The molecule has 0 bridgehead atoms. The highest BCUT2D eigenvalue weighted by molar-refractivity contribution is 7.80. The van der Waals surface area contributed by atoms with E-state index in [1.54, 1.807) is 30.3 Å². The van der Waals surface area contributed by atoms with Crippen molar-refractivity contribution in [3.8, 4) is 11.3 Å². The first-order valence-electron chi connectivity index (χ1n) is 10.1. The van der Waals surface area contributed by atoms with E-state index in [0.29, 0.717) is 22.0 Å².